The number of hydrogen-bond acceptors (Lipinski definition) is 7. The molecule has 0 saturated carbocycles. The van der Waals surface area contributed by atoms with Gasteiger partial charge in [-0.1, -0.05) is 72.8 Å². The highest BCUT2D eigenvalue weighted by Gasteiger charge is 2.38. The van der Waals surface area contributed by atoms with Gasteiger partial charge in [0.25, 0.3) is 0 Å². The van der Waals surface area contributed by atoms with E-state index in [0.29, 0.717) is 36.3 Å². The van der Waals surface area contributed by atoms with E-state index in [1.807, 2.05) is 66.7 Å². The highest BCUT2D eigenvalue weighted by atomic mass is 16.2. The number of carbonyl (C=O) groups excluding carboxylic acids is 4. The lowest BCUT2D eigenvalue weighted by molar-refractivity contribution is -0.134. The molecule has 10 nitrogen and oxygen atoms in total. The lowest BCUT2D eigenvalue weighted by Crippen LogP contribution is -2.48. The van der Waals surface area contributed by atoms with E-state index in [1.54, 1.807) is 6.20 Å². The molecule has 4 aromatic rings. The summed E-state index contributed by atoms with van der Waals surface area (Å²) >= 11 is 0. The number of amides is 4. The van der Waals surface area contributed by atoms with E-state index in [0.717, 1.165) is 86.5 Å². The van der Waals surface area contributed by atoms with Gasteiger partial charge in [-0.05, 0) is 110 Å². The summed E-state index contributed by atoms with van der Waals surface area (Å²) in [5.74, 6) is -0.782. The minimum atomic E-state index is -0.597. The zero-order chi connectivity index (χ0) is 39.4. The molecule has 0 bridgehead atoms. The highest BCUT2D eigenvalue weighted by Crippen LogP contribution is 2.43. The van der Waals surface area contributed by atoms with E-state index in [4.69, 9.17) is 5.73 Å². The van der Waals surface area contributed by atoms with Gasteiger partial charge in [-0.2, -0.15) is 0 Å². The summed E-state index contributed by atoms with van der Waals surface area (Å²) in [5.41, 5.74) is 12.8. The summed E-state index contributed by atoms with van der Waals surface area (Å²) in [6.07, 6.45) is 10.3. The van der Waals surface area contributed by atoms with Crippen molar-refractivity contribution in [2.24, 2.45) is 17.1 Å². The van der Waals surface area contributed by atoms with Gasteiger partial charge in [-0.3, -0.25) is 29.5 Å². The number of hydrogen-bond donors (Lipinski definition) is 2. The second-order valence-corrected chi connectivity index (χ2v) is 16.8. The molecule has 0 aliphatic carbocycles. The van der Waals surface area contributed by atoms with Crippen molar-refractivity contribution >= 4 is 29.3 Å². The lowest BCUT2D eigenvalue weighted by atomic mass is 9.71. The van der Waals surface area contributed by atoms with Gasteiger partial charge in [0.05, 0.1) is 18.0 Å². The largest absolute Gasteiger partial charge is 0.371 e. The average Bonchev–Trinajstić information content (AvgIpc) is 3.23. The Morgan fingerprint density at radius 3 is 2.07 bits per heavy atom. The Hall–Kier alpha value is -5.35. The molecule has 296 valence electrons. The van der Waals surface area contributed by atoms with Gasteiger partial charge in [-0.15, -0.1) is 0 Å². The fraction of sp³-hybridized carbons (Fsp3) is 0.426. The molecule has 4 amide bonds. The van der Waals surface area contributed by atoms with Crippen LogP contribution in [0.25, 0.3) is 11.1 Å². The number of aromatic nitrogens is 1. The second kappa shape index (κ2) is 17.0. The summed E-state index contributed by atoms with van der Waals surface area (Å²) in [6, 6.07) is 29.8. The fourth-order valence-electron chi connectivity index (χ4n) is 9.58. The molecule has 4 aliphatic heterocycles. The third kappa shape index (κ3) is 8.96. The molecule has 10 heteroatoms. The van der Waals surface area contributed by atoms with Crippen molar-refractivity contribution in [1.29, 1.82) is 0 Å². The molecule has 4 saturated heterocycles. The Labute approximate surface area is 335 Å². The van der Waals surface area contributed by atoms with Crippen LogP contribution in [0.2, 0.25) is 0 Å². The molecule has 0 radical (unpaired) electrons. The average molecular weight is 767 g/mol. The Balaban J connectivity index is 0.749. The molecule has 3 N–H and O–H groups in total. The van der Waals surface area contributed by atoms with Gasteiger partial charge in [0.15, 0.2) is 0 Å². The van der Waals surface area contributed by atoms with Crippen LogP contribution >= 0.6 is 0 Å². The molecule has 2 unspecified atom stereocenters. The van der Waals surface area contributed by atoms with Crippen molar-refractivity contribution in [3.63, 3.8) is 0 Å². The van der Waals surface area contributed by atoms with Crippen LogP contribution < -0.4 is 16.0 Å². The highest BCUT2D eigenvalue weighted by molar-refractivity contribution is 6.01. The Kier molecular flexibility index (Phi) is 11.5. The number of imide groups is 1. The normalized spacial score (nSPS) is 20.9. The van der Waals surface area contributed by atoms with E-state index in [1.165, 1.54) is 31.4 Å². The minimum Gasteiger partial charge on any atom is -0.371 e. The molecule has 4 fully saturated rings. The molecular weight excluding hydrogens is 713 g/mol. The first kappa shape index (κ1) is 38.5. The van der Waals surface area contributed by atoms with Crippen LogP contribution in [0, 0.1) is 11.3 Å². The molecule has 1 aromatic heterocycles. The maximum atomic E-state index is 13.3. The Morgan fingerprint density at radius 1 is 0.772 bits per heavy atom. The summed E-state index contributed by atoms with van der Waals surface area (Å²) in [7, 11) is 0. The first-order valence-electron chi connectivity index (χ1n) is 20.8. The van der Waals surface area contributed by atoms with Gasteiger partial charge >= 0.3 is 0 Å². The fourth-order valence-corrected chi connectivity index (χ4v) is 9.58. The monoisotopic (exact) mass is 766 g/mol. The van der Waals surface area contributed by atoms with E-state index < -0.39 is 11.8 Å². The maximum absolute atomic E-state index is 13.3. The van der Waals surface area contributed by atoms with Gasteiger partial charge < -0.3 is 20.4 Å². The summed E-state index contributed by atoms with van der Waals surface area (Å²) < 4.78 is 0. The zero-order valence-electron chi connectivity index (χ0n) is 32.8. The third-order valence-corrected chi connectivity index (χ3v) is 13.3. The molecule has 1 spiro atoms. The second-order valence-electron chi connectivity index (χ2n) is 16.8. The molecule has 57 heavy (non-hydrogen) atoms. The number of nitrogens with one attached hydrogen (secondary N) is 1. The number of primary amides is 1. The van der Waals surface area contributed by atoms with Crippen LogP contribution in [0.1, 0.15) is 85.6 Å². The number of nitrogens with two attached hydrogens (primary N) is 1. The maximum Gasteiger partial charge on any atom is 0.234 e. The van der Waals surface area contributed by atoms with Crippen molar-refractivity contribution in [3.05, 3.63) is 120 Å². The summed E-state index contributed by atoms with van der Waals surface area (Å²) in [5, 5.41) is 2.48. The molecule has 2 atom stereocenters. The van der Waals surface area contributed by atoms with Gasteiger partial charge in [0.2, 0.25) is 23.6 Å². The predicted octanol–water partition coefficient (Wildman–Crippen LogP) is 6.05. The number of carbonyl (C=O) groups is 4. The van der Waals surface area contributed by atoms with Crippen LogP contribution in [0.5, 0.6) is 0 Å². The molecule has 3 aromatic carbocycles. The summed E-state index contributed by atoms with van der Waals surface area (Å²) in [4.78, 5) is 61.3. The molecule has 8 rings (SSSR count). The van der Waals surface area contributed by atoms with E-state index in [2.05, 4.69) is 49.3 Å². The van der Waals surface area contributed by atoms with Crippen molar-refractivity contribution in [2.75, 3.05) is 50.7 Å². The number of benzene rings is 3. The van der Waals surface area contributed by atoms with Crippen LogP contribution in [0.15, 0.2) is 97.2 Å². The Bertz CT molecular complexity index is 2030. The summed E-state index contributed by atoms with van der Waals surface area (Å²) in [6.45, 7) is 7.25. The molecule has 5 heterocycles. The van der Waals surface area contributed by atoms with Crippen LogP contribution in [-0.4, -0.2) is 84.2 Å². The number of piperidine rings is 4. The topological polar surface area (TPSA) is 129 Å². The molecule has 4 aliphatic rings. The van der Waals surface area contributed by atoms with Gasteiger partial charge in [0.1, 0.15) is 5.92 Å². The van der Waals surface area contributed by atoms with E-state index >= 15 is 0 Å². The SMILES string of the molecule is NC(=O)C(c1ccccc1)c1ccc(-c2ccc(CC(=O)N3CCC(CN4CCC5(CC4)CCN(c4ccc(C6CCC(=O)NC6=O)cc4)CC5)CC3)cc2)cn1. The van der Waals surface area contributed by atoms with Crippen LogP contribution in [0.4, 0.5) is 5.69 Å². The van der Waals surface area contributed by atoms with E-state index in [-0.39, 0.29) is 23.6 Å². The van der Waals surface area contributed by atoms with Crippen molar-refractivity contribution < 1.29 is 19.2 Å². The quantitative estimate of drug-likeness (QED) is 0.188. The zero-order valence-corrected chi connectivity index (χ0v) is 32.8. The van der Waals surface area contributed by atoms with Gasteiger partial charge in [-0.25, -0.2) is 0 Å². The molecular formula is C47H54N6O4. The van der Waals surface area contributed by atoms with Gasteiger partial charge in [0, 0.05) is 56.6 Å². The van der Waals surface area contributed by atoms with Crippen LogP contribution in [-0.2, 0) is 25.6 Å². The smallest absolute Gasteiger partial charge is 0.234 e. The number of rotatable bonds is 10. The predicted molar refractivity (Wildman–Crippen MR) is 221 cm³/mol. The van der Waals surface area contributed by atoms with Crippen molar-refractivity contribution in [3.8, 4) is 11.1 Å². The standard InChI is InChI=1S/C47H54N6O4/c48-45(56)44(37-4-2-1-3-5-37)41-16-12-38(31-49-41)35-8-6-33(7-9-35)30-43(55)53-24-18-34(19-25-53)32-51-26-20-47(21-27-51)22-28-52(29-23-47)39-13-10-36(11-14-39)40-15-17-42(54)50-46(40)57/h1-14,16,31,34,40,44H,15,17-30,32H2,(H2,48,56)(H,50,54,57). The minimum absolute atomic E-state index is 0.173. The first-order valence-corrected chi connectivity index (χ1v) is 20.8. The number of nitrogens with zero attached hydrogens (tertiary/aromatic N) is 4. The van der Waals surface area contributed by atoms with Crippen molar-refractivity contribution in [1.82, 2.24) is 20.1 Å². The third-order valence-electron chi connectivity index (χ3n) is 13.3. The Morgan fingerprint density at radius 2 is 1.44 bits per heavy atom. The number of likely N-dealkylation sites (tertiary alicyclic amines) is 2. The number of anilines is 1. The van der Waals surface area contributed by atoms with Crippen molar-refractivity contribution in [2.45, 2.75) is 69.6 Å². The number of pyridine rings is 1. The first-order chi connectivity index (χ1) is 27.7. The van der Waals surface area contributed by atoms with Crippen LogP contribution in [0.3, 0.4) is 0 Å². The lowest BCUT2D eigenvalue weighted by Gasteiger charge is -2.48. The van der Waals surface area contributed by atoms with E-state index in [9.17, 15) is 19.2 Å².